The van der Waals surface area contributed by atoms with Crippen LogP contribution < -0.4 is 5.32 Å². The van der Waals surface area contributed by atoms with E-state index in [0.29, 0.717) is 0 Å². The van der Waals surface area contributed by atoms with E-state index in [1.165, 1.54) is 27.4 Å². The van der Waals surface area contributed by atoms with Gasteiger partial charge in [-0.2, -0.15) is 0 Å². The van der Waals surface area contributed by atoms with Crippen molar-refractivity contribution < 1.29 is 4.42 Å². The number of furan rings is 1. The minimum Gasteiger partial charge on any atom is -0.459 e. The molecule has 17 heavy (non-hydrogen) atoms. The Morgan fingerprint density at radius 1 is 1.41 bits per heavy atom. The molecule has 0 saturated heterocycles. The molecule has 2 aromatic rings. The van der Waals surface area contributed by atoms with E-state index in [1.54, 1.807) is 0 Å². The highest BCUT2D eigenvalue weighted by Gasteiger charge is 2.30. The van der Waals surface area contributed by atoms with Crippen LogP contribution in [0.1, 0.15) is 37.0 Å². The van der Waals surface area contributed by atoms with Gasteiger partial charge in [0.2, 0.25) is 0 Å². The van der Waals surface area contributed by atoms with Gasteiger partial charge in [0.25, 0.3) is 0 Å². The van der Waals surface area contributed by atoms with Crippen LogP contribution in [0.3, 0.4) is 0 Å². The maximum Gasteiger partial charge on any atom is 0.134 e. The first-order valence-electron chi connectivity index (χ1n) is 6.21. The van der Waals surface area contributed by atoms with Crippen LogP contribution in [0.2, 0.25) is 0 Å². The second-order valence-corrected chi connectivity index (χ2v) is 5.88. The van der Waals surface area contributed by atoms with Crippen LogP contribution in [0.4, 0.5) is 0 Å². The maximum atomic E-state index is 5.99. The molecule has 90 valence electrons. The number of benzene rings is 1. The van der Waals surface area contributed by atoms with Crippen molar-refractivity contribution in [3.63, 3.8) is 0 Å². The summed E-state index contributed by atoms with van der Waals surface area (Å²) in [7, 11) is 0. The Bertz CT molecular complexity index is 542. The van der Waals surface area contributed by atoms with E-state index in [4.69, 9.17) is 4.42 Å². The number of rotatable bonds is 4. The Labute approximate surface area is 115 Å². The molecule has 1 heterocycles. The molecule has 0 spiro atoms. The Balaban J connectivity index is 2.10. The molecule has 0 radical (unpaired) electrons. The van der Waals surface area contributed by atoms with Crippen LogP contribution in [-0.2, 0) is 6.54 Å². The standard InChI is InChI=1S/C14H16INO/c1-2-16-8-13-14(9-3-4-9)11-7-10(15)5-6-12(11)17-13/h5-7,9,16H,2-4,8H2,1H3. The van der Waals surface area contributed by atoms with E-state index < -0.39 is 0 Å². The summed E-state index contributed by atoms with van der Waals surface area (Å²) in [6.45, 7) is 3.97. The molecular weight excluding hydrogens is 325 g/mol. The van der Waals surface area contributed by atoms with E-state index in [-0.39, 0.29) is 0 Å². The predicted molar refractivity (Wildman–Crippen MR) is 78.3 cm³/mol. The fourth-order valence-electron chi connectivity index (χ4n) is 2.33. The molecule has 0 bridgehead atoms. The SMILES string of the molecule is CCNCc1oc2ccc(I)cc2c1C1CC1. The van der Waals surface area contributed by atoms with Crippen molar-refractivity contribution in [1.82, 2.24) is 5.32 Å². The average molecular weight is 341 g/mol. The number of hydrogen-bond donors (Lipinski definition) is 1. The van der Waals surface area contributed by atoms with Crippen LogP contribution in [0.25, 0.3) is 11.0 Å². The fraction of sp³-hybridized carbons (Fsp3) is 0.429. The van der Waals surface area contributed by atoms with Gasteiger partial charge < -0.3 is 9.73 Å². The Kier molecular flexibility index (Phi) is 3.13. The first-order valence-corrected chi connectivity index (χ1v) is 7.29. The third-order valence-electron chi connectivity index (χ3n) is 3.29. The highest BCUT2D eigenvalue weighted by Crippen LogP contribution is 2.46. The lowest BCUT2D eigenvalue weighted by Crippen LogP contribution is -2.12. The van der Waals surface area contributed by atoms with Gasteiger partial charge in [0.05, 0.1) is 6.54 Å². The summed E-state index contributed by atoms with van der Waals surface area (Å²) in [6.07, 6.45) is 2.64. The van der Waals surface area contributed by atoms with Crippen molar-refractivity contribution in [2.75, 3.05) is 6.54 Å². The van der Waals surface area contributed by atoms with Crippen LogP contribution in [0.15, 0.2) is 22.6 Å². The van der Waals surface area contributed by atoms with Crippen molar-refractivity contribution in [3.05, 3.63) is 33.1 Å². The van der Waals surface area contributed by atoms with Gasteiger partial charge in [-0.15, -0.1) is 0 Å². The second-order valence-electron chi connectivity index (χ2n) is 4.63. The van der Waals surface area contributed by atoms with Crippen molar-refractivity contribution in [2.24, 2.45) is 0 Å². The van der Waals surface area contributed by atoms with Gasteiger partial charge in [0.1, 0.15) is 11.3 Å². The Morgan fingerprint density at radius 3 is 2.94 bits per heavy atom. The highest BCUT2D eigenvalue weighted by atomic mass is 127. The minimum atomic E-state index is 0.739. The van der Waals surface area contributed by atoms with Gasteiger partial charge in [-0.25, -0.2) is 0 Å². The third kappa shape index (κ3) is 2.22. The summed E-state index contributed by atoms with van der Waals surface area (Å²) in [4.78, 5) is 0. The summed E-state index contributed by atoms with van der Waals surface area (Å²) in [5.41, 5.74) is 2.50. The molecule has 1 N–H and O–H groups in total. The number of fused-ring (bicyclic) bond motifs is 1. The fourth-order valence-corrected chi connectivity index (χ4v) is 2.82. The van der Waals surface area contributed by atoms with E-state index in [1.807, 2.05) is 0 Å². The predicted octanol–water partition coefficient (Wildman–Crippen LogP) is 4.02. The van der Waals surface area contributed by atoms with Crippen LogP contribution in [0.5, 0.6) is 0 Å². The second kappa shape index (κ2) is 4.61. The van der Waals surface area contributed by atoms with E-state index >= 15 is 0 Å². The first-order chi connectivity index (χ1) is 8.29. The number of halogens is 1. The lowest BCUT2D eigenvalue weighted by atomic mass is 10.1. The average Bonchev–Trinajstić information content (AvgIpc) is 3.08. The van der Waals surface area contributed by atoms with Gasteiger partial charge in [-0.05, 0) is 66.1 Å². The normalized spacial score (nSPS) is 15.6. The smallest absolute Gasteiger partial charge is 0.134 e. The molecule has 0 amide bonds. The molecular formula is C14H16INO. The lowest BCUT2D eigenvalue weighted by molar-refractivity contribution is 0.513. The van der Waals surface area contributed by atoms with Gasteiger partial charge in [-0.1, -0.05) is 6.92 Å². The van der Waals surface area contributed by atoms with Crippen LogP contribution in [-0.4, -0.2) is 6.54 Å². The quantitative estimate of drug-likeness (QED) is 0.850. The van der Waals surface area contributed by atoms with Gasteiger partial charge >= 0.3 is 0 Å². The molecule has 0 aliphatic heterocycles. The Morgan fingerprint density at radius 2 is 2.24 bits per heavy atom. The number of hydrogen-bond acceptors (Lipinski definition) is 2. The molecule has 0 unspecified atom stereocenters. The monoisotopic (exact) mass is 341 g/mol. The zero-order valence-electron chi connectivity index (χ0n) is 9.92. The van der Waals surface area contributed by atoms with Gasteiger partial charge in [-0.3, -0.25) is 0 Å². The van der Waals surface area contributed by atoms with Crippen molar-refractivity contribution in [1.29, 1.82) is 0 Å². The van der Waals surface area contributed by atoms with Crippen LogP contribution in [0, 0.1) is 3.57 Å². The topological polar surface area (TPSA) is 25.2 Å². The van der Waals surface area contributed by atoms with Gasteiger partial charge in [0, 0.05) is 14.5 Å². The Hall–Kier alpha value is -0.550. The molecule has 1 aliphatic carbocycles. The van der Waals surface area contributed by atoms with E-state index in [0.717, 1.165) is 30.4 Å². The summed E-state index contributed by atoms with van der Waals surface area (Å²) in [6, 6.07) is 6.46. The molecule has 0 atom stereocenters. The minimum absolute atomic E-state index is 0.739. The van der Waals surface area contributed by atoms with Gasteiger partial charge in [0.15, 0.2) is 0 Å². The molecule has 3 rings (SSSR count). The third-order valence-corrected chi connectivity index (χ3v) is 3.96. The van der Waals surface area contributed by atoms with E-state index in [9.17, 15) is 0 Å². The maximum absolute atomic E-state index is 5.99. The molecule has 1 saturated carbocycles. The van der Waals surface area contributed by atoms with Crippen molar-refractivity contribution in [3.8, 4) is 0 Å². The molecule has 3 heteroatoms. The van der Waals surface area contributed by atoms with Crippen molar-refractivity contribution >= 4 is 33.6 Å². The highest BCUT2D eigenvalue weighted by molar-refractivity contribution is 14.1. The molecule has 1 aromatic carbocycles. The zero-order chi connectivity index (χ0) is 11.8. The lowest BCUT2D eigenvalue weighted by Gasteiger charge is -2.01. The summed E-state index contributed by atoms with van der Waals surface area (Å²) < 4.78 is 7.28. The summed E-state index contributed by atoms with van der Waals surface area (Å²) in [5.74, 6) is 1.88. The zero-order valence-corrected chi connectivity index (χ0v) is 12.1. The first kappa shape index (κ1) is 11.5. The largest absolute Gasteiger partial charge is 0.459 e. The molecule has 1 fully saturated rings. The van der Waals surface area contributed by atoms with Crippen molar-refractivity contribution in [2.45, 2.75) is 32.2 Å². The van der Waals surface area contributed by atoms with Crippen LogP contribution >= 0.6 is 22.6 Å². The summed E-state index contributed by atoms with van der Waals surface area (Å²) in [5, 5.41) is 4.69. The summed E-state index contributed by atoms with van der Waals surface area (Å²) >= 11 is 2.37. The number of nitrogens with one attached hydrogen (secondary N) is 1. The molecule has 1 aromatic heterocycles. The molecule has 2 nitrogen and oxygen atoms in total. The van der Waals surface area contributed by atoms with E-state index in [2.05, 4.69) is 53.0 Å². The molecule has 1 aliphatic rings.